The Labute approximate surface area is 178 Å². The standard InChI is InChI=1S/C25H29N3O2/c1-17-8-5-6-10-22(17)28(21-9-7-15-26-16-21)18(2)19-11-13-20(14-12-19)23-24(29)25(3,4)30-27-23/h5-6,8,10-14,21,26H,2,7,9,15-16H2,1,3-4H3/t21-/m1/s1. The Bertz CT molecular complexity index is 986. The van der Waals surface area contributed by atoms with Gasteiger partial charge in [0.2, 0.25) is 5.78 Å². The van der Waals surface area contributed by atoms with Gasteiger partial charge in [0, 0.05) is 29.5 Å². The van der Waals surface area contributed by atoms with Gasteiger partial charge in [-0.05, 0) is 57.4 Å². The van der Waals surface area contributed by atoms with E-state index in [-0.39, 0.29) is 5.78 Å². The number of carbonyl (C=O) groups excluding carboxylic acids is 1. The van der Waals surface area contributed by atoms with E-state index in [0.29, 0.717) is 11.8 Å². The Morgan fingerprint density at radius 3 is 2.53 bits per heavy atom. The van der Waals surface area contributed by atoms with Crippen molar-refractivity contribution in [2.45, 2.75) is 45.3 Å². The predicted octanol–water partition coefficient (Wildman–Crippen LogP) is 4.31. The Morgan fingerprint density at radius 2 is 1.93 bits per heavy atom. The summed E-state index contributed by atoms with van der Waals surface area (Å²) in [6, 6.07) is 16.7. The maximum atomic E-state index is 12.5. The van der Waals surface area contributed by atoms with E-state index < -0.39 is 5.60 Å². The number of aryl methyl sites for hydroxylation is 1. The Balaban J connectivity index is 1.63. The van der Waals surface area contributed by atoms with E-state index in [0.717, 1.165) is 42.8 Å². The molecule has 0 aromatic heterocycles. The van der Waals surface area contributed by atoms with Crippen molar-refractivity contribution in [1.29, 1.82) is 0 Å². The molecule has 4 rings (SSSR count). The van der Waals surface area contributed by atoms with Crippen LogP contribution in [0.5, 0.6) is 0 Å². The van der Waals surface area contributed by atoms with Gasteiger partial charge in [-0.1, -0.05) is 54.2 Å². The fourth-order valence-corrected chi connectivity index (χ4v) is 4.12. The molecule has 2 aliphatic rings. The molecule has 5 nitrogen and oxygen atoms in total. The summed E-state index contributed by atoms with van der Waals surface area (Å²) < 4.78 is 0. The van der Waals surface area contributed by atoms with E-state index in [1.165, 1.54) is 11.3 Å². The lowest BCUT2D eigenvalue weighted by Crippen LogP contribution is -2.45. The van der Waals surface area contributed by atoms with E-state index in [9.17, 15) is 4.79 Å². The van der Waals surface area contributed by atoms with Crippen LogP contribution in [0.1, 0.15) is 43.4 Å². The van der Waals surface area contributed by atoms with Crippen LogP contribution in [0.2, 0.25) is 0 Å². The summed E-state index contributed by atoms with van der Waals surface area (Å²) in [5, 5.41) is 7.53. The number of nitrogens with zero attached hydrogens (tertiary/aromatic N) is 2. The van der Waals surface area contributed by atoms with Gasteiger partial charge in [0.15, 0.2) is 11.3 Å². The number of ketones is 1. The molecule has 1 saturated heterocycles. The van der Waals surface area contributed by atoms with Crippen LogP contribution in [0.15, 0.2) is 60.3 Å². The largest absolute Gasteiger partial charge is 0.381 e. The minimum absolute atomic E-state index is 0.0936. The molecule has 0 saturated carbocycles. The van der Waals surface area contributed by atoms with Crippen LogP contribution in [0.3, 0.4) is 0 Å². The van der Waals surface area contributed by atoms with Crippen molar-refractivity contribution in [3.05, 3.63) is 71.8 Å². The number of piperidine rings is 1. The average Bonchev–Trinajstić information content (AvgIpc) is 3.03. The van der Waals surface area contributed by atoms with Crippen molar-refractivity contribution >= 4 is 22.9 Å². The third-order valence-electron chi connectivity index (χ3n) is 5.92. The summed E-state index contributed by atoms with van der Waals surface area (Å²) in [4.78, 5) is 20.1. The molecule has 1 N–H and O–H groups in total. The van der Waals surface area contributed by atoms with E-state index in [1.54, 1.807) is 13.8 Å². The fourth-order valence-electron chi connectivity index (χ4n) is 4.12. The monoisotopic (exact) mass is 403 g/mol. The number of nitrogens with one attached hydrogen (secondary N) is 1. The van der Waals surface area contributed by atoms with Crippen molar-refractivity contribution in [2.75, 3.05) is 18.0 Å². The second-order valence-electron chi connectivity index (χ2n) is 8.55. The molecule has 0 aliphatic carbocycles. The molecule has 5 heteroatoms. The Kier molecular flexibility index (Phi) is 5.48. The predicted molar refractivity (Wildman–Crippen MR) is 122 cm³/mol. The lowest BCUT2D eigenvalue weighted by molar-refractivity contribution is -0.128. The molecule has 2 aliphatic heterocycles. The Morgan fingerprint density at radius 1 is 1.20 bits per heavy atom. The molecule has 0 spiro atoms. The lowest BCUT2D eigenvalue weighted by atomic mass is 9.95. The smallest absolute Gasteiger partial charge is 0.230 e. The van der Waals surface area contributed by atoms with Gasteiger partial charge < -0.3 is 15.1 Å². The summed E-state index contributed by atoms with van der Waals surface area (Å²) in [5.41, 5.74) is 4.65. The highest BCUT2D eigenvalue weighted by Gasteiger charge is 2.40. The van der Waals surface area contributed by atoms with Gasteiger partial charge in [-0.25, -0.2) is 0 Å². The molecule has 0 bridgehead atoms. The third kappa shape index (κ3) is 3.77. The van der Waals surface area contributed by atoms with E-state index in [2.05, 4.69) is 53.1 Å². The second kappa shape index (κ2) is 8.07. The number of anilines is 1. The number of oxime groups is 1. The first-order chi connectivity index (χ1) is 14.4. The molecule has 2 aromatic carbocycles. The number of rotatable bonds is 5. The van der Waals surface area contributed by atoms with Gasteiger partial charge in [-0.15, -0.1) is 0 Å². The maximum Gasteiger partial charge on any atom is 0.230 e. The van der Waals surface area contributed by atoms with Crippen molar-refractivity contribution < 1.29 is 9.63 Å². The normalized spacial score (nSPS) is 20.4. The molecule has 2 heterocycles. The SMILES string of the molecule is C=C(c1ccc(C2=NOC(C)(C)C2=O)cc1)N(c1ccccc1C)[C@@H]1CCCNC1. The Hall–Kier alpha value is -2.92. The third-order valence-corrected chi connectivity index (χ3v) is 5.92. The first-order valence-electron chi connectivity index (χ1n) is 10.5. The molecule has 30 heavy (non-hydrogen) atoms. The number of carbonyl (C=O) groups is 1. The molecular weight excluding hydrogens is 374 g/mol. The van der Waals surface area contributed by atoms with Crippen LogP contribution in [0.4, 0.5) is 5.69 Å². The minimum atomic E-state index is -0.896. The van der Waals surface area contributed by atoms with Crippen LogP contribution >= 0.6 is 0 Å². The number of Topliss-reactive ketones (excluding diaryl/α,β-unsaturated/α-hetero) is 1. The lowest BCUT2D eigenvalue weighted by Gasteiger charge is -2.38. The molecular formula is C25H29N3O2. The van der Waals surface area contributed by atoms with Gasteiger partial charge in [0.1, 0.15) is 0 Å². The van der Waals surface area contributed by atoms with E-state index in [1.807, 2.05) is 24.3 Å². The molecule has 156 valence electrons. The first kappa shape index (κ1) is 20.4. The summed E-state index contributed by atoms with van der Waals surface area (Å²) in [6.45, 7) is 12.1. The molecule has 1 atom stereocenters. The zero-order chi connectivity index (χ0) is 21.3. The zero-order valence-electron chi connectivity index (χ0n) is 17.9. The van der Waals surface area contributed by atoms with Crippen LogP contribution in [0.25, 0.3) is 5.70 Å². The number of hydrogen-bond donors (Lipinski definition) is 1. The summed E-state index contributed by atoms with van der Waals surface area (Å²) in [6.07, 6.45) is 2.27. The maximum absolute atomic E-state index is 12.5. The highest BCUT2D eigenvalue weighted by Crippen LogP contribution is 2.32. The van der Waals surface area contributed by atoms with Gasteiger partial charge in [-0.2, -0.15) is 0 Å². The van der Waals surface area contributed by atoms with Crippen LogP contribution in [-0.2, 0) is 9.63 Å². The van der Waals surface area contributed by atoms with E-state index in [4.69, 9.17) is 4.84 Å². The second-order valence-corrected chi connectivity index (χ2v) is 8.55. The van der Waals surface area contributed by atoms with Gasteiger partial charge in [0.05, 0.1) is 0 Å². The van der Waals surface area contributed by atoms with Crippen LogP contribution in [-0.4, -0.2) is 36.2 Å². The first-order valence-corrected chi connectivity index (χ1v) is 10.5. The summed E-state index contributed by atoms with van der Waals surface area (Å²) >= 11 is 0. The van der Waals surface area contributed by atoms with Crippen LogP contribution in [0, 0.1) is 6.92 Å². The number of benzene rings is 2. The van der Waals surface area contributed by atoms with E-state index >= 15 is 0 Å². The van der Waals surface area contributed by atoms with Gasteiger partial charge in [0.25, 0.3) is 0 Å². The highest BCUT2D eigenvalue weighted by atomic mass is 16.7. The minimum Gasteiger partial charge on any atom is -0.381 e. The van der Waals surface area contributed by atoms with Crippen molar-refractivity contribution in [1.82, 2.24) is 5.32 Å². The number of hydrogen-bond acceptors (Lipinski definition) is 5. The topological polar surface area (TPSA) is 53.9 Å². The summed E-state index contributed by atoms with van der Waals surface area (Å²) in [7, 11) is 0. The molecule has 2 aromatic rings. The van der Waals surface area contributed by atoms with Crippen LogP contribution < -0.4 is 10.2 Å². The highest BCUT2D eigenvalue weighted by molar-refractivity contribution is 6.49. The molecule has 0 radical (unpaired) electrons. The van der Waals surface area contributed by atoms with Gasteiger partial charge in [-0.3, -0.25) is 4.79 Å². The van der Waals surface area contributed by atoms with Crippen molar-refractivity contribution in [3.8, 4) is 0 Å². The van der Waals surface area contributed by atoms with Crippen molar-refractivity contribution in [2.24, 2.45) is 5.16 Å². The number of para-hydroxylation sites is 1. The van der Waals surface area contributed by atoms with Crippen molar-refractivity contribution in [3.63, 3.8) is 0 Å². The average molecular weight is 404 g/mol. The summed E-state index contributed by atoms with van der Waals surface area (Å²) in [5.74, 6) is -0.0936. The fraction of sp³-hybridized carbons (Fsp3) is 0.360. The molecule has 0 amide bonds. The molecule has 0 unspecified atom stereocenters. The zero-order valence-corrected chi connectivity index (χ0v) is 17.9. The van der Waals surface area contributed by atoms with Gasteiger partial charge >= 0.3 is 0 Å². The quantitative estimate of drug-likeness (QED) is 0.808. The molecule has 1 fully saturated rings.